The van der Waals surface area contributed by atoms with E-state index in [9.17, 15) is 9.90 Å². The Balaban J connectivity index is 1.71. The highest BCUT2D eigenvalue weighted by Gasteiger charge is 2.21. The van der Waals surface area contributed by atoms with Crippen LogP contribution in [-0.4, -0.2) is 41.7 Å². The molecule has 2 heterocycles. The lowest BCUT2D eigenvalue weighted by molar-refractivity contribution is -0.131. The molecule has 0 saturated carbocycles. The van der Waals surface area contributed by atoms with Crippen LogP contribution >= 0.6 is 11.3 Å². The topological polar surface area (TPSA) is 52.6 Å². The summed E-state index contributed by atoms with van der Waals surface area (Å²) in [4.78, 5) is 15.5. The minimum absolute atomic E-state index is 0.104. The average molecular weight is 310 g/mol. The minimum atomic E-state index is -0.400. The highest BCUT2D eigenvalue weighted by Crippen LogP contribution is 2.24. The van der Waals surface area contributed by atoms with E-state index >= 15 is 0 Å². The number of carbonyl (C=O) groups is 1. The summed E-state index contributed by atoms with van der Waals surface area (Å²) >= 11 is 1.78. The van der Waals surface area contributed by atoms with Crippen molar-refractivity contribution >= 4 is 17.2 Å². The zero-order valence-electron chi connectivity index (χ0n) is 13.2. The smallest absolute Gasteiger partial charge is 0.236 e. The second-order valence-electron chi connectivity index (χ2n) is 6.98. The van der Waals surface area contributed by atoms with Gasteiger partial charge in [-0.05, 0) is 35.3 Å². The number of rotatable bonds is 5. The number of hydrogen-bond acceptors (Lipinski definition) is 4. The molecule has 1 aromatic heterocycles. The fraction of sp³-hybridized carbons (Fsp3) is 0.688. The first-order valence-electron chi connectivity index (χ1n) is 7.57. The number of nitrogens with zero attached hydrogens (tertiary/aromatic N) is 1. The molecule has 1 aromatic rings. The summed E-state index contributed by atoms with van der Waals surface area (Å²) < 4.78 is 0. The van der Waals surface area contributed by atoms with Crippen LogP contribution < -0.4 is 5.32 Å². The molecule has 0 spiro atoms. The first-order chi connectivity index (χ1) is 9.85. The predicted molar refractivity (Wildman–Crippen MR) is 86.4 cm³/mol. The number of amides is 1. The van der Waals surface area contributed by atoms with E-state index in [0.29, 0.717) is 13.1 Å². The standard InChI is InChI=1S/C16H26N2O2S/c1-16(2,3)8-13(19)9-17-10-15(20)18-6-4-14-12(11-18)5-7-21-14/h5,7,13,17,19H,4,6,8-11H2,1-3H3. The lowest BCUT2D eigenvalue weighted by Crippen LogP contribution is -2.42. The van der Waals surface area contributed by atoms with Gasteiger partial charge in [0.2, 0.25) is 5.91 Å². The lowest BCUT2D eigenvalue weighted by Gasteiger charge is -2.27. The van der Waals surface area contributed by atoms with E-state index in [2.05, 4.69) is 37.5 Å². The van der Waals surface area contributed by atoms with Crippen molar-refractivity contribution in [2.24, 2.45) is 5.41 Å². The molecule has 0 fully saturated rings. The Hall–Kier alpha value is -0.910. The molecule has 21 heavy (non-hydrogen) atoms. The zero-order valence-corrected chi connectivity index (χ0v) is 14.0. The van der Waals surface area contributed by atoms with Gasteiger partial charge in [-0.3, -0.25) is 4.79 Å². The maximum absolute atomic E-state index is 12.2. The first-order valence-corrected chi connectivity index (χ1v) is 8.45. The molecule has 1 unspecified atom stereocenters. The summed E-state index contributed by atoms with van der Waals surface area (Å²) in [5.74, 6) is 0.120. The van der Waals surface area contributed by atoms with E-state index in [-0.39, 0.29) is 11.3 Å². The van der Waals surface area contributed by atoms with Crippen LogP contribution in [0.5, 0.6) is 0 Å². The molecule has 1 aliphatic heterocycles. The molecule has 5 heteroatoms. The molecule has 0 aliphatic carbocycles. The first kappa shape index (κ1) is 16.5. The van der Waals surface area contributed by atoms with Gasteiger partial charge in [0.25, 0.3) is 0 Å². The third-order valence-electron chi connectivity index (χ3n) is 3.66. The van der Waals surface area contributed by atoms with Crippen LogP contribution in [0.3, 0.4) is 0 Å². The Morgan fingerprint density at radius 2 is 2.29 bits per heavy atom. The van der Waals surface area contributed by atoms with Crippen LogP contribution in [0.1, 0.15) is 37.6 Å². The van der Waals surface area contributed by atoms with Crippen molar-refractivity contribution < 1.29 is 9.90 Å². The van der Waals surface area contributed by atoms with Gasteiger partial charge in [0, 0.05) is 24.5 Å². The Labute approximate surface area is 131 Å². The molecular formula is C16H26N2O2S. The minimum Gasteiger partial charge on any atom is -0.392 e. The molecule has 1 amide bonds. The molecule has 0 radical (unpaired) electrons. The normalized spacial score (nSPS) is 16.7. The quantitative estimate of drug-likeness (QED) is 0.875. The Morgan fingerprint density at radius 3 is 3.00 bits per heavy atom. The number of aliphatic hydroxyl groups is 1. The highest BCUT2D eigenvalue weighted by molar-refractivity contribution is 7.10. The van der Waals surface area contributed by atoms with Crippen LogP contribution in [-0.2, 0) is 17.8 Å². The van der Waals surface area contributed by atoms with Crippen molar-refractivity contribution in [1.29, 1.82) is 0 Å². The van der Waals surface area contributed by atoms with E-state index < -0.39 is 6.10 Å². The number of fused-ring (bicyclic) bond motifs is 1. The van der Waals surface area contributed by atoms with E-state index in [1.165, 1.54) is 10.4 Å². The number of nitrogens with one attached hydrogen (secondary N) is 1. The second kappa shape index (κ2) is 6.90. The Bertz CT molecular complexity index is 479. The van der Waals surface area contributed by atoms with Gasteiger partial charge < -0.3 is 15.3 Å². The van der Waals surface area contributed by atoms with Crippen LogP contribution in [0, 0.1) is 5.41 Å². The second-order valence-corrected chi connectivity index (χ2v) is 7.98. The van der Waals surface area contributed by atoms with Gasteiger partial charge >= 0.3 is 0 Å². The molecule has 2 rings (SSSR count). The fourth-order valence-corrected chi connectivity index (χ4v) is 3.59. The van der Waals surface area contributed by atoms with Gasteiger partial charge in [0.1, 0.15) is 0 Å². The summed E-state index contributed by atoms with van der Waals surface area (Å²) in [6, 6.07) is 2.11. The van der Waals surface area contributed by atoms with Crippen molar-refractivity contribution in [2.45, 2.75) is 46.3 Å². The maximum Gasteiger partial charge on any atom is 0.236 e. The molecule has 0 aromatic carbocycles. The van der Waals surface area contributed by atoms with Gasteiger partial charge in [-0.15, -0.1) is 11.3 Å². The lowest BCUT2D eigenvalue weighted by atomic mass is 9.89. The summed E-state index contributed by atoms with van der Waals surface area (Å²) in [5.41, 5.74) is 1.39. The molecule has 2 N–H and O–H groups in total. The molecule has 0 saturated heterocycles. The van der Waals surface area contributed by atoms with Crippen LogP contribution in [0.25, 0.3) is 0 Å². The van der Waals surface area contributed by atoms with Crippen molar-refractivity contribution in [1.82, 2.24) is 10.2 Å². The number of carbonyl (C=O) groups excluding carboxylic acids is 1. The molecular weight excluding hydrogens is 284 g/mol. The highest BCUT2D eigenvalue weighted by atomic mass is 32.1. The van der Waals surface area contributed by atoms with E-state index in [0.717, 1.165) is 25.9 Å². The van der Waals surface area contributed by atoms with E-state index in [1.54, 1.807) is 11.3 Å². The zero-order chi connectivity index (χ0) is 15.5. The van der Waals surface area contributed by atoms with Crippen molar-refractivity contribution in [2.75, 3.05) is 19.6 Å². The predicted octanol–water partition coefficient (Wildman–Crippen LogP) is 2.02. The van der Waals surface area contributed by atoms with Gasteiger partial charge in [-0.2, -0.15) is 0 Å². The van der Waals surface area contributed by atoms with Crippen LogP contribution in [0.2, 0.25) is 0 Å². The number of hydrogen-bond donors (Lipinski definition) is 2. The third kappa shape index (κ3) is 5.09. The van der Waals surface area contributed by atoms with Gasteiger partial charge in [0.15, 0.2) is 0 Å². The van der Waals surface area contributed by atoms with Crippen LogP contribution in [0.15, 0.2) is 11.4 Å². The average Bonchev–Trinajstić information content (AvgIpc) is 2.83. The maximum atomic E-state index is 12.2. The monoisotopic (exact) mass is 310 g/mol. The van der Waals surface area contributed by atoms with Gasteiger partial charge in [0.05, 0.1) is 12.6 Å². The molecule has 1 atom stereocenters. The van der Waals surface area contributed by atoms with Crippen molar-refractivity contribution in [3.63, 3.8) is 0 Å². The third-order valence-corrected chi connectivity index (χ3v) is 4.69. The summed E-state index contributed by atoms with van der Waals surface area (Å²) in [5, 5.41) is 15.1. The van der Waals surface area contributed by atoms with Gasteiger partial charge in [-0.1, -0.05) is 20.8 Å². The Morgan fingerprint density at radius 1 is 1.52 bits per heavy atom. The molecule has 1 aliphatic rings. The number of aliphatic hydroxyl groups excluding tert-OH is 1. The van der Waals surface area contributed by atoms with E-state index in [1.807, 2.05) is 4.90 Å². The largest absolute Gasteiger partial charge is 0.392 e. The SMILES string of the molecule is CC(C)(C)CC(O)CNCC(=O)N1CCc2sccc2C1. The van der Waals surface area contributed by atoms with Crippen molar-refractivity contribution in [3.8, 4) is 0 Å². The summed E-state index contributed by atoms with van der Waals surface area (Å²) in [6.45, 7) is 8.62. The Kier molecular flexibility index (Phi) is 5.41. The summed E-state index contributed by atoms with van der Waals surface area (Å²) in [7, 11) is 0. The molecule has 0 bridgehead atoms. The fourth-order valence-electron chi connectivity index (χ4n) is 2.70. The van der Waals surface area contributed by atoms with E-state index in [4.69, 9.17) is 0 Å². The van der Waals surface area contributed by atoms with Crippen molar-refractivity contribution in [3.05, 3.63) is 21.9 Å². The summed E-state index contributed by atoms with van der Waals surface area (Å²) in [6.07, 6.45) is 1.30. The number of thiophene rings is 1. The van der Waals surface area contributed by atoms with Crippen LogP contribution in [0.4, 0.5) is 0 Å². The molecule has 118 valence electrons. The molecule has 4 nitrogen and oxygen atoms in total. The van der Waals surface area contributed by atoms with Gasteiger partial charge in [-0.25, -0.2) is 0 Å².